The second-order valence-electron chi connectivity index (χ2n) is 4.86. The molecule has 3 aromatic carbocycles. The molecule has 0 heterocycles. The summed E-state index contributed by atoms with van der Waals surface area (Å²) in [7, 11) is 0. The van der Waals surface area contributed by atoms with Crippen LogP contribution in [0.4, 0.5) is 0 Å². The fraction of sp³-hybridized carbons (Fsp3) is 0. The van der Waals surface area contributed by atoms with E-state index in [9.17, 15) is 14.7 Å². The number of carboxylic acid groups (broad SMARTS) is 2. The Balaban J connectivity index is 0.000000181. The quantitative estimate of drug-likeness (QED) is 0.552. The predicted octanol–water partition coefficient (Wildman–Crippen LogP) is -0.437. The molecule has 0 unspecified atom stereocenters. The fourth-order valence-electron chi connectivity index (χ4n) is 1.83. The van der Waals surface area contributed by atoms with E-state index in [1.54, 1.807) is 0 Å². The van der Waals surface area contributed by atoms with Gasteiger partial charge in [-0.3, -0.25) is 0 Å². The van der Waals surface area contributed by atoms with Crippen molar-refractivity contribution in [3.05, 3.63) is 103 Å². The Hall–Kier alpha value is -2.67. The van der Waals surface area contributed by atoms with Crippen molar-refractivity contribution in [2.45, 2.75) is 0 Å². The number of rotatable bonds is 4. The normalized spacial score (nSPS) is 9.60. The van der Waals surface area contributed by atoms with Crippen molar-refractivity contribution >= 4 is 11.9 Å². The van der Waals surface area contributed by atoms with Crippen molar-refractivity contribution in [2.75, 3.05) is 0 Å². The van der Waals surface area contributed by atoms with Crippen LogP contribution < -0.4 is 26.3 Å². The van der Waals surface area contributed by atoms with Crippen LogP contribution in [0.25, 0.3) is 0 Å². The third-order valence-electron chi connectivity index (χ3n) is 3.05. The molecule has 0 spiro atoms. The fourth-order valence-corrected chi connectivity index (χ4v) is 4.10. The van der Waals surface area contributed by atoms with Crippen LogP contribution >= 0.6 is 0 Å². The van der Waals surface area contributed by atoms with Crippen molar-refractivity contribution in [1.82, 2.24) is 0 Å². The lowest BCUT2D eigenvalue weighted by Gasteiger charge is -2.00. The Kier molecular flexibility index (Phi) is 7.16. The van der Waals surface area contributed by atoms with E-state index in [1.165, 1.54) is 31.4 Å². The summed E-state index contributed by atoms with van der Waals surface area (Å²) < 4.78 is 2.96. The average molecular weight is 446 g/mol. The van der Waals surface area contributed by atoms with Gasteiger partial charge in [0.15, 0.2) is 7.14 Å². The van der Waals surface area contributed by atoms with Gasteiger partial charge in [-0.1, -0.05) is 48.5 Å². The SMILES string of the molecule is O=C([O-])c1ccc(C(=O)O)cc1.c1ccc([I+]c2ccccc2)cc1. The van der Waals surface area contributed by atoms with E-state index >= 15 is 0 Å². The molecule has 0 aliphatic heterocycles. The van der Waals surface area contributed by atoms with E-state index in [2.05, 4.69) is 60.7 Å². The van der Waals surface area contributed by atoms with Gasteiger partial charge in [0.25, 0.3) is 0 Å². The van der Waals surface area contributed by atoms with Gasteiger partial charge in [0.1, 0.15) is 0 Å². The summed E-state index contributed by atoms with van der Waals surface area (Å²) in [6.45, 7) is 0. The Morgan fingerprint density at radius 3 is 1.44 bits per heavy atom. The highest BCUT2D eigenvalue weighted by molar-refractivity contribution is 5.90. The molecule has 3 aromatic rings. The first-order chi connectivity index (χ1) is 12.1. The molecule has 0 amide bonds. The van der Waals surface area contributed by atoms with E-state index in [4.69, 9.17) is 5.11 Å². The Morgan fingerprint density at radius 1 is 0.680 bits per heavy atom. The molecule has 0 fully saturated rings. The van der Waals surface area contributed by atoms with Crippen molar-refractivity contribution in [1.29, 1.82) is 0 Å². The van der Waals surface area contributed by atoms with Gasteiger partial charge in [0.05, 0.1) is 11.5 Å². The van der Waals surface area contributed by atoms with E-state index in [1.807, 2.05) is 0 Å². The minimum absolute atomic E-state index is 0.0278. The molecule has 1 N–H and O–H groups in total. The number of carbonyl (C=O) groups excluding carboxylic acids is 1. The topological polar surface area (TPSA) is 77.4 Å². The van der Waals surface area contributed by atoms with Crippen LogP contribution in [0.1, 0.15) is 20.7 Å². The molecule has 0 atom stereocenters. The van der Waals surface area contributed by atoms with E-state index in [0.29, 0.717) is 0 Å². The first-order valence-electron chi connectivity index (χ1n) is 7.36. The monoisotopic (exact) mass is 446 g/mol. The molecule has 25 heavy (non-hydrogen) atoms. The molecule has 0 saturated heterocycles. The zero-order chi connectivity index (χ0) is 18.1. The maximum atomic E-state index is 10.3. The highest BCUT2D eigenvalue weighted by Gasteiger charge is 2.12. The molecule has 4 nitrogen and oxygen atoms in total. The predicted molar refractivity (Wildman–Crippen MR) is 88.0 cm³/mol. The minimum atomic E-state index is -1.31. The number of halogens is 1. The summed E-state index contributed by atoms with van der Waals surface area (Å²) in [6.07, 6.45) is 0. The lowest BCUT2D eigenvalue weighted by molar-refractivity contribution is -0.597. The minimum Gasteiger partial charge on any atom is -0.545 e. The molecule has 0 saturated carbocycles. The molecule has 0 bridgehead atoms. The largest absolute Gasteiger partial charge is 0.545 e. The van der Waals surface area contributed by atoms with Crippen LogP contribution in [0.2, 0.25) is 0 Å². The summed E-state index contributed by atoms with van der Waals surface area (Å²) in [5, 5.41) is 18.7. The zero-order valence-electron chi connectivity index (χ0n) is 13.1. The second-order valence-corrected chi connectivity index (χ2v) is 7.89. The third-order valence-corrected chi connectivity index (χ3v) is 5.74. The van der Waals surface area contributed by atoms with Gasteiger partial charge in [-0.2, -0.15) is 0 Å². The van der Waals surface area contributed by atoms with Crippen molar-refractivity contribution in [3.8, 4) is 0 Å². The summed E-state index contributed by atoms with van der Waals surface area (Å²) >= 11 is 0.0287. The van der Waals surface area contributed by atoms with Gasteiger partial charge >= 0.3 is 27.2 Å². The highest BCUT2D eigenvalue weighted by atomic mass is 127. The molecule has 0 aromatic heterocycles. The first kappa shape index (κ1) is 18.7. The van der Waals surface area contributed by atoms with Crippen molar-refractivity contribution in [3.63, 3.8) is 0 Å². The molecule has 126 valence electrons. The Bertz CT molecular complexity index is 745. The number of hydrogen-bond donors (Lipinski definition) is 1. The van der Waals surface area contributed by atoms with Crippen LogP contribution in [0, 0.1) is 7.14 Å². The average Bonchev–Trinajstić information content (AvgIpc) is 2.64. The van der Waals surface area contributed by atoms with Gasteiger partial charge in [-0.15, -0.1) is 0 Å². The molecule has 0 radical (unpaired) electrons. The molecular weight excluding hydrogens is 431 g/mol. The summed E-state index contributed by atoms with van der Waals surface area (Å²) in [5.74, 6) is -2.40. The summed E-state index contributed by atoms with van der Waals surface area (Å²) in [6, 6.07) is 26.2. The van der Waals surface area contributed by atoms with Gasteiger partial charge in [-0.05, 0) is 42.0 Å². The van der Waals surface area contributed by atoms with E-state index in [0.717, 1.165) is 0 Å². The maximum Gasteiger partial charge on any atom is 0.357 e. The van der Waals surface area contributed by atoms with Crippen LogP contribution in [0.5, 0.6) is 0 Å². The Labute approximate surface area is 156 Å². The van der Waals surface area contributed by atoms with Gasteiger partial charge in [-0.25, -0.2) is 4.79 Å². The lowest BCUT2D eigenvalue weighted by atomic mass is 10.1. The molecule has 5 heteroatoms. The van der Waals surface area contributed by atoms with Crippen LogP contribution in [0.15, 0.2) is 84.9 Å². The van der Waals surface area contributed by atoms with Crippen LogP contribution in [-0.2, 0) is 0 Å². The lowest BCUT2D eigenvalue weighted by Crippen LogP contribution is -3.61. The van der Waals surface area contributed by atoms with Gasteiger partial charge in [0, 0.05) is 0 Å². The maximum absolute atomic E-state index is 10.3. The summed E-state index contributed by atoms with van der Waals surface area (Å²) in [5.41, 5.74) is 0.0278. The smallest absolute Gasteiger partial charge is 0.357 e. The van der Waals surface area contributed by atoms with Crippen LogP contribution in [-0.4, -0.2) is 17.0 Å². The standard InChI is InChI=1S/C12H10I.C8H6O4/c1-3-7-11(8-4-1)13-12-9-5-2-6-10-12;9-7(10)5-1-2-6(4-3-5)8(11)12/h1-10H;1-4H,(H,9,10)(H,11,12)/q+1;/p-1. The highest BCUT2D eigenvalue weighted by Crippen LogP contribution is 2.02. The summed E-state index contributed by atoms with van der Waals surface area (Å²) in [4.78, 5) is 20.5. The van der Waals surface area contributed by atoms with E-state index < -0.39 is 11.9 Å². The number of aromatic carboxylic acids is 2. The first-order valence-corrected chi connectivity index (χ1v) is 9.51. The second kappa shape index (κ2) is 9.58. The van der Waals surface area contributed by atoms with Crippen molar-refractivity contribution < 1.29 is 41.0 Å². The number of benzene rings is 3. The van der Waals surface area contributed by atoms with Gasteiger partial charge < -0.3 is 15.0 Å². The molecular formula is C20H15IO4. The van der Waals surface area contributed by atoms with Crippen LogP contribution in [0.3, 0.4) is 0 Å². The zero-order valence-corrected chi connectivity index (χ0v) is 15.3. The molecule has 0 aliphatic rings. The van der Waals surface area contributed by atoms with Crippen molar-refractivity contribution in [2.24, 2.45) is 0 Å². The molecule has 3 rings (SSSR count). The third kappa shape index (κ3) is 6.39. The molecule has 0 aliphatic carbocycles. The number of carboxylic acids is 2. The van der Waals surface area contributed by atoms with E-state index in [-0.39, 0.29) is 32.3 Å². The Morgan fingerprint density at radius 2 is 1.08 bits per heavy atom. The number of hydrogen-bond acceptors (Lipinski definition) is 3. The van der Waals surface area contributed by atoms with Gasteiger partial charge in [0.2, 0.25) is 0 Å². The number of carbonyl (C=O) groups is 2.